The van der Waals surface area contributed by atoms with Gasteiger partial charge in [0, 0.05) is 5.56 Å². The topological polar surface area (TPSA) is 102 Å². The summed E-state index contributed by atoms with van der Waals surface area (Å²) in [5.74, 6) is -0.908. The first-order valence-electron chi connectivity index (χ1n) is 9.93. The number of ketones is 1. The van der Waals surface area contributed by atoms with Crippen LogP contribution in [0.4, 0.5) is 4.79 Å². The van der Waals surface area contributed by atoms with Crippen molar-refractivity contribution in [2.45, 2.75) is 45.1 Å². The maximum atomic E-state index is 12.8. The third kappa shape index (κ3) is 4.26. The van der Waals surface area contributed by atoms with Gasteiger partial charge in [-0.15, -0.1) is 0 Å². The number of imide groups is 1. The van der Waals surface area contributed by atoms with E-state index in [0.717, 1.165) is 24.2 Å². The fraction of sp³-hybridized carbons (Fsp3) is 0.524. The van der Waals surface area contributed by atoms with Gasteiger partial charge in [-0.1, -0.05) is 19.8 Å². The highest BCUT2D eigenvalue weighted by atomic mass is 16.5. The van der Waals surface area contributed by atoms with E-state index in [2.05, 4.69) is 5.32 Å². The first kappa shape index (κ1) is 20.8. The van der Waals surface area contributed by atoms with Gasteiger partial charge < -0.3 is 14.8 Å². The summed E-state index contributed by atoms with van der Waals surface area (Å²) < 4.78 is 10.3. The first-order chi connectivity index (χ1) is 13.9. The van der Waals surface area contributed by atoms with Crippen LogP contribution in [-0.2, 0) is 14.3 Å². The largest absolute Gasteiger partial charge is 0.494 e. The molecule has 1 aromatic rings. The zero-order chi connectivity index (χ0) is 21.0. The lowest BCUT2D eigenvalue weighted by Gasteiger charge is -2.36. The fourth-order valence-electron chi connectivity index (χ4n) is 3.95. The quantitative estimate of drug-likeness (QED) is 0.427. The van der Waals surface area contributed by atoms with E-state index in [0.29, 0.717) is 24.3 Å². The van der Waals surface area contributed by atoms with Crippen molar-refractivity contribution >= 4 is 23.7 Å². The van der Waals surface area contributed by atoms with Gasteiger partial charge in [0.25, 0.3) is 5.91 Å². The minimum Gasteiger partial charge on any atom is -0.494 e. The van der Waals surface area contributed by atoms with Crippen LogP contribution in [0.1, 0.15) is 49.9 Å². The lowest BCUT2D eigenvalue weighted by Crippen LogP contribution is -2.54. The molecule has 0 bridgehead atoms. The molecule has 2 fully saturated rings. The minimum atomic E-state index is -0.923. The molecule has 1 aromatic carbocycles. The monoisotopic (exact) mass is 402 g/mol. The summed E-state index contributed by atoms with van der Waals surface area (Å²) in [6.07, 6.45) is 3.29. The number of carbonyl (C=O) groups excluding carboxylic acids is 4. The Labute approximate surface area is 169 Å². The summed E-state index contributed by atoms with van der Waals surface area (Å²) in [5, 5.41) is 2.78. The van der Waals surface area contributed by atoms with Gasteiger partial charge in [0.05, 0.1) is 6.61 Å². The Morgan fingerprint density at radius 3 is 2.59 bits per heavy atom. The van der Waals surface area contributed by atoms with Gasteiger partial charge in [0.1, 0.15) is 17.8 Å². The Bertz CT molecular complexity index is 806. The molecule has 1 spiro atoms. The average Bonchev–Trinajstić information content (AvgIpc) is 2.94. The zero-order valence-electron chi connectivity index (χ0n) is 16.7. The van der Waals surface area contributed by atoms with Gasteiger partial charge in [-0.2, -0.15) is 0 Å². The molecule has 0 unspecified atom stereocenters. The van der Waals surface area contributed by atoms with E-state index in [1.807, 2.05) is 13.8 Å². The number of hydrogen-bond donors (Lipinski definition) is 1. The molecule has 1 saturated heterocycles. The van der Waals surface area contributed by atoms with Gasteiger partial charge in [0.15, 0.2) is 12.4 Å². The summed E-state index contributed by atoms with van der Waals surface area (Å²) in [6.45, 7) is 3.36. The average molecular weight is 402 g/mol. The summed E-state index contributed by atoms with van der Waals surface area (Å²) in [7, 11) is 0. The molecule has 2 aliphatic rings. The highest BCUT2D eigenvalue weighted by Crippen LogP contribution is 2.38. The zero-order valence-corrected chi connectivity index (χ0v) is 16.7. The van der Waals surface area contributed by atoms with Crippen LogP contribution in [0, 0.1) is 5.92 Å². The number of amides is 3. The maximum absolute atomic E-state index is 12.8. The van der Waals surface area contributed by atoms with Crippen LogP contribution in [0.5, 0.6) is 5.75 Å². The molecule has 1 aliphatic heterocycles. The molecule has 0 aromatic heterocycles. The lowest BCUT2D eigenvalue weighted by molar-refractivity contribution is -0.147. The molecule has 1 N–H and O–H groups in total. The van der Waals surface area contributed by atoms with Crippen LogP contribution in [0.25, 0.3) is 0 Å². The molecule has 0 radical (unpaired) electrons. The summed E-state index contributed by atoms with van der Waals surface area (Å²) in [6, 6.07) is 5.92. The number of urea groups is 1. The molecule has 1 saturated carbocycles. The van der Waals surface area contributed by atoms with Crippen LogP contribution in [0.3, 0.4) is 0 Å². The van der Waals surface area contributed by atoms with E-state index in [9.17, 15) is 19.2 Å². The number of Topliss-reactive ketones (excluding diaryl/α,β-unsaturated/α-hetero) is 1. The molecule has 3 rings (SSSR count). The van der Waals surface area contributed by atoms with Crippen molar-refractivity contribution in [3.63, 3.8) is 0 Å². The fourth-order valence-corrected chi connectivity index (χ4v) is 3.95. The number of benzene rings is 1. The maximum Gasteiger partial charge on any atom is 0.326 e. The highest BCUT2D eigenvalue weighted by Gasteiger charge is 2.55. The minimum absolute atomic E-state index is 0.00922. The SMILES string of the molecule is CCOc1ccc(C(=O)COC(=O)CN2C(=O)N[C@]3(CCCC[C@@H]3C)C2=O)cc1. The van der Waals surface area contributed by atoms with Crippen molar-refractivity contribution in [1.29, 1.82) is 0 Å². The first-order valence-corrected chi connectivity index (χ1v) is 9.93. The van der Waals surface area contributed by atoms with E-state index < -0.39 is 30.7 Å². The van der Waals surface area contributed by atoms with Crippen molar-refractivity contribution in [2.24, 2.45) is 5.92 Å². The van der Waals surface area contributed by atoms with Crippen molar-refractivity contribution in [1.82, 2.24) is 10.2 Å². The lowest BCUT2D eigenvalue weighted by atomic mass is 9.73. The van der Waals surface area contributed by atoms with Crippen LogP contribution in [-0.4, -0.2) is 53.9 Å². The van der Waals surface area contributed by atoms with Gasteiger partial charge in [0.2, 0.25) is 0 Å². The summed E-state index contributed by atoms with van der Waals surface area (Å²) >= 11 is 0. The summed E-state index contributed by atoms with van der Waals surface area (Å²) in [5.41, 5.74) is -0.542. The van der Waals surface area contributed by atoms with Crippen molar-refractivity contribution in [2.75, 3.05) is 19.8 Å². The third-order valence-electron chi connectivity index (χ3n) is 5.64. The number of ether oxygens (including phenoxy) is 2. The van der Waals surface area contributed by atoms with E-state index in [4.69, 9.17) is 9.47 Å². The molecule has 156 valence electrons. The van der Waals surface area contributed by atoms with E-state index in [1.54, 1.807) is 24.3 Å². The molecular weight excluding hydrogens is 376 g/mol. The smallest absolute Gasteiger partial charge is 0.326 e. The van der Waals surface area contributed by atoms with Crippen LogP contribution >= 0.6 is 0 Å². The van der Waals surface area contributed by atoms with Crippen molar-refractivity contribution < 1.29 is 28.7 Å². The van der Waals surface area contributed by atoms with Crippen LogP contribution < -0.4 is 10.1 Å². The number of hydrogen-bond acceptors (Lipinski definition) is 6. The van der Waals surface area contributed by atoms with Gasteiger partial charge in [-0.25, -0.2) is 4.79 Å². The van der Waals surface area contributed by atoms with E-state index >= 15 is 0 Å². The Kier molecular flexibility index (Phi) is 6.20. The number of esters is 1. The molecule has 8 heteroatoms. The second-order valence-corrected chi connectivity index (χ2v) is 7.48. The standard InChI is InChI=1S/C21H26N2O6/c1-3-28-16-9-7-15(8-10-16)17(24)13-29-18(25)12-23-19(26)21(22-20(23)27)11-5-4-6-14(21)2/h7-10,14H,3-6,11-13H2,1-2H3,(H,22,27)/t14-,21-/m0/s1. The van der Waals surface area contributed by atoms with Gasteiger partial charge in [-0.05, 0) is 49.9 Å². The number of nitrogens with one attached hydrogen (secondary N) is 1. The predicted molar refractivity (Wildman–Crippen MR) is 104 cm³/mol. The molecule has 1 heterocycles. The Hall–Kier alpha value is -2.90. The molecule has 3 amide bonds. The van der Waals surface area contributed by atoms with E-state index in [-0.39, 0.29) is 17.6 Å². The number of nitrogens with zero attached hydrogens (tertiary/aromatic N) is 1. The van der Waals surface area contributed by atoms with Crippen molar-refractivity contribution in [3.05, 3.63) is 29.8 Å². The Balaban J connectivity index is 1.54. The predicted octanol–water partition coefficient (Wildman–Crippen LogP) is 2.31. The molecule has 8 nitrogen and oxygen atoms in total. The summed E-state index contributed by atoms with van der Waals surface area (Å²) in [4.78, 5) is 50.4. The highest BCUT2D eigenvalue weighted by molar-refractivity contribution is 6.09. The molecule has 2 atom stereocenters. The second kappa shape index (κ2) is 8.63. The molecule has 29 heavy (non-hydrogen) atoms. The van der Waals surface area contributed by atoms with Gasteiger partial charge >= 0.3 is 12.0 Å². The second-order valence-electron chi connectivity index (χ2n) is 7.48. The number of carbonyl (C=O) groups is 4. The van der Waals surface area contributed by atoms with E-state index in [1.165, 1.54) is 0 Å². The van der Waals surface area contributed by atoms with Gasteiger partial charge in [-0.3, -0.25) is 19.3 Å². The molecule has 1 aliphatic carbocycles. The number of rotatable bonds is 7. The van der Waals surface area contributed by atoms with Crippen LogP contribution in [0.2, 0.25) is 0 Å². The van der Waals surface area contributed by atoms with Crippen molar-refractivity contribution in [3.8, 4) is 5.75 Å². The van der Waals surface area contributed by atoms with Crippen LogP contribution in [0.15, 0.2) is 24.3 Å². The normalized spacial score (nSPS) is 23.8. The molecular formula is C21H26N2O6. The third-order valence-corrected chi connectivity index (χ3v) is 5.64. The Morgan fingerprint density at radius 1 is 1.21 bits per heavy atom. The Morgan fingerprint density at radius 2 is 1.93 bits per heavy atom.